The molecule has 0 amide bonds. The van der Waals surface area contributed by atoms with Crippen LogP contribution in [0.5, 0.6) is 5.75 Å². The topological polar surface area (TPSA) is 73.3 Å². The number of rotatable bonds is 9. The van der Waals surface area contributed by atoms with Crippen LogP contribution in [0.15, 0.2) is 28.6 Å². The molecule has 1 fully saturated rings. The average molecular weight is 408 g/mol. The van der Waals surface area contributed by atoms with Crippen LogP contribution in [0.4, 0.5) is 5.13 Å². The molecule has 0 atom stereocenters. The number of aromatic nitrogens is 2. The molecule has 27 heavy (non-hydrogen) atoms. The van der Waals surface area contributed by atoms with Crippen LogP contribution in [0.3, 0.4) is 0 Å². The number of benzene rings is 1. The summed E-state index contributed by atoms with van der Waals surface area (Å²) in [6, 6.07) is 8.28. The number of aryl methyl sites for hydroxylation is 1. The minimum atomic E-state index is -0.274. The van der Waals surface area contributed by atoms with Gasteiger partial charge in [0.1, 0.15) is 19.0 Å². The molecule has 1 saturated carbocycles. The number of hydrogen-bond acceptors (Lipinski definition) is 8. The lowest BCUT2D eigenvalue weighted by molar-refractivity contribution is -0.141. The van der Waals surface area contributed by atoms with Gasteiger partial charge >= 0.3 is 5.97 Å². The summed E-state index contributed by atoms with van der Waals surface area (Å²) in [7, 11) is 0. The molecule has 1 aromatic carbocycles. The van der Waals surface area contributed by atoms with E-state index >= 15 is 0 Å². The SMILES string of the molecule is Cc1ccc(OCCOC(=O)CSc2nnc(NC3CCCCC3)s2)cc1. The fourth-order valence-electron chi connectivity index (χ4n) is 2.86. The largest absolute Gasteiger partial charge is 0.490 e. The maximum absolute atomic E-state index is 11.8. The lowest BCUT2D eigenvalue weighted by Crippen LogP contribution is -2.21. The van der Waals surface area contributed by atoms with Crippen LogP contribution in [0, 0.1) is 6.92 Å². The van der Waals surface area contributed by atoms with Crippen molar-refractivity contribution in [2.45, 2.75) is 49.4 Å². The Kier molecular flexibility index (Phi) is 7.77. The third-order valence-corrected chi connectivity index (χ3v) is 6.25. The average Bonchev–Trinajstić information content (AvgIpc) is 3.13. The summed E-state index contributed by atoms with van der Waals surface area (Å²) in [6.45, 7) is 2.60. The highest BCUT2D eigenvalue weighted by Crippen LogP contribution is 2.28. The summed E-state index contributed by atoms with van der Waals surface area (Å²) in [5.74, 6) is 0.727. The van der Waals surface area contributed by atoms with E-state index in [0.717, 1.165) is 15.2 Å². The molecular weight excluding hydrogens is 382 g/mol. The Morgan fingerprint density at radius 1 is 1.19 bits per heavy atom. The van der Waals surface area contributed by atoms with E-state index in [-0.39, 0.29) is 18.3 Å². The minimum Gasteiger partial charge on any atom is -0.490 e. The summed E-state index contributed by atoms with van der Waals surface area (Å²) in [5, 5.41) is 12.6. The summed E-state index contributed by atoms with van der Waals surface area (Å²) < 4.78 is 11.5. The minimum absolute atomic E-state index is 0.225. The van der Waals surface area contributed by atoms with Gasteiger partial charge in [-0.1, -0.05) is 60.1 Å². The third kappa shape index (κ3) is 7.03. The first-order valence-corrected chi connectivity index (χ1v) is 11.1. The Morgan fingerprint density at radius 2 is 1.96 bits per heavy atom. The predicted octanol–water partition coefficient (Wildman–Crippen LogP) is 4.31. The van der Waals surface area contributed by atoms with Crippen molar-refractivity contribution in [1.29, 1.82) is 0 Å². The van der Waals surface area contributed by atoms with E-state index in [2.05, 4.69) is 15.5 Å². The van der Waals surface area contributed by atoms with Gasteiger partial charge in [-0.2, -0.15) is 0 Å². The first-order valence-electron chi connectivity index (χ1n) is 9.27. The van der Waals surface area contributed by atoms with E-state index in [1.807, 2.05) is 31.2 Å². The van der Waals surface area contributed by atoms with Gasteiger partial charge in [0.2, 0.25) is 5.13 Å². The fraction of sp³-hybridized carbons (Fsp3) is 0.526. The monoisotopic (exact) mass is 407 g/mol. The zero-order valence-corrected chi connectivity index (χ0v) is 17.1. The molecule has 1 aliphatic rings. The first-order chi connectivity index (χ1) is 13.2. The van der Waals surface area contributed by atoms with Crippen LogP contribution in [0.1, 0.15) is 37.7 Å². The highest BCUT2D eigenvalue weighted by Gasteiger charge is 2.15. The van der Waals surface area contributed by atoms with Crippen molar-refractivity contribution in [3.05, 3.63) is 29.8 Å². The van der Waals surface area contributed by atoms with E-state index in [4.69, 9.17) is 9.47 Å². The van der Waals surface area contributed by atoms with Gasteiger partial charge in [-0.3, -0.25) is 4.79 Å². The Morgan fingerprint density at radius 3 is 2.74 bits per heavy atom. The number of esters is 1. The number of carbonyl (C=O) groups excluding carboxylic acids is 1. The molecule has 0 unspecified atom stereocenters. The number of anilines is 1. The normalized spacial score (nSPS) is 14.7. The molecule has 146 valence electrons. The number of carbonyl (C=O) groups is 1. The van der Waals surface area contributed by atoms with Crippen molar-refractivity contribution >= 4 is 34.2 Å². The van der Waals surface area contributed by atoms with E-state index in [9.17, 15) is 4.79 Å². The molecule has 0 spiro atoms. The second-order valence-electron chi connectivity index (χ2n) is 6.52. The molecule has 1 aromatic heterocycles. The van der Waals surface area contributed by atoms with Gasteiger partial charge < -0.3 is 14.8 Å². The summed E-state index contributed by atoms with van der Waals surface area (Å²) in [4.78, 5) is 11.8. The zero-order valence-electron chi connectivity index (χ0n) is 15.5. The Labute approximate surface area is 168 Å². The van der Waals surface area contributed by atoms with Gasteiger partial charge in [0.05, 0.1) is 5.75 Å². The quantitative estimate of drug-likeness (QED) is 0.377. The van der Waals surface area contributed by atoms with E-state index < -0.39 is 0 Å². The molecule has 0 radical (unpaired) electrons. The molecule has 1 N–H and O–H groups in total. The molecule has 6 nitrogen and oxygen atoms in total. The van der Waals surface area contributed by atoms with Crippen molar-refractivity contribution < 1.29 is 14.3 Å². The lowest BCUT2D eigenvalue weighted by Gasteiger charge is -2.21. The van der Waals surface area contributed by atoms with Crippen LogP contribution in [-0.4, -0.2) is 41.2 Å². The van der Waals surface area contributed by atoms with Crippen molar-refractivity contribution in [3.8, 4) is 5.75 Å². The molecule has 0 bridgehead atoms. The predicted molar refractivity (Wildman–Crippen MR) is 109 cm³/mol. The Bertz CT molecular complexity index is 715. The van der Waals surface area contributed by atoms with E-state index in [1.54, 1.807) is 0 Å². The van der Waals surface area contributed by atoms with Gasteiger partial charge in [0.15, 0.2) is 4.34 Å². The van der Waals surface area contributed by atoms with Crippen LogP contribution in [-0.2, 0) is 9.53 Å². The lowest BCUT2D eigenvalue weighted by atomic mass is 9.96. The molecule has 2 aromatic rings. The molecule has 1 heterocycles. The maximum Gasteiger partial charge on any atom is 0.316 e. The van der Waals surface area contributed by atoms with Crippen LogP contribution < -0.4 is 10.1 Å². The molecule has 1 aliphatic carbocycles. The molecular formula is C19H25N3O3S2. The summed E-state index contributed by atoms with van der Waals surface area (Å²) in [5.41, 5.74) is 1.18. The van der Waals surface area contributed by atoms with Crippen molar-refractivity contribution in [3.63, 3.8) is 0 Å². The van der Waals surface area contributed by atoms with Crippen molar-refractivity contribution in [2.24, 2.45) is 0 Å². The van der Waals surface area contributed by atoms with Crippen LogP contribution in [0.2, 0.25) is 0 Å². The van der Waals surface area contributed by atoms with Crippen LogP contribution in [0.25, 0.3) is 0 Å². The van der Waals surface area contributed by atoms with Gasteiger partial charge in [-0.05, 0) is 31.9 Å². The van der Waals surface area contributed by atoms with Crippen LogP contribution >= 0.6 is 23.1 Å². The maximum atomic E-state index is 11.8. The van der Waals surface area contributed by atoms with Gasteiger partial charge in [0.25, 0.3) is 0 Å². The van der Waals surface area contributed by atoms with Gasteiger partial charge in [0, 0.05) is 6.04 Å². The smallest absolute Gasteiger partial charge is 0.316 e. The summed E-state index contributed by atoms with van der Waals surface area (Å²) >= 11 is 2.85. The van der Waals surface area contributed by atoms with E-state index in [0.29, 0.717) is 12.6 Å². The molecule has 0 aliphatic heterocycles. The fourth-order valence-corrected chi connectivity index (χ4v) is 4.49. The Hall–Kier alpha value is -1.80. The second-order valence-corrected chi connectivity index (χ2v) is 8.72. The second kappa shape index (κ2) is 10.5. The molecule has 0 saturated heterocycles. The highest BCUT2D eigenvalue weighted by molar-refractivity contribution is 8.01. The number of thioether (sulfide) groups is 1. The number of hydrogen-bond donors (Lipinski definition) is 1. The Balaban J connectivity index is 1.30. The summed E-state index contributed by atoms with van der Waals surface area (Å²) in [6.07, 6.45) is 6.26. The molecule has 3 rings (SSSR count). The highest BCUT2D eigenvalue weighted by atomic mass is 32.2. The van der Waals surface area contributed by atoms with Gasteiger partial charge in [-0.15, -0.1) is 10.2 Å². The zero-order chi connectivity index (χ0) is 18.9. The third-order valence-electron chi connectivity index (χ3n) is 4.29. The first kappa shape index (κ1) is 19.9. The van der Waals surface area contributed by atoms with Crippen molar-refractivity contribution in [1.82, 2.24) is 10.2 Å². The number of nitrogens with zero attached hydrogens (tertiary/aromatic N) is 2. The van der Waals surface area contributed by atoms with Gasteiger partial charge in [-0.25, -0.2) is 0 Å². The van der Waals surface area contributed by atoms with E-state index in [1.165, 1.54) is 60.8 Å². The molecule has 8 heteroatoms. The number of nitrogens with one attached hydrogen (secondary N) is 1. The van der Waals surface area contributed by atoms with Crippen molar-refractivity contribution in [2.75, 3.05) is 24.3 Å². The standard InChI is InChI=1S/C19H25N3O3S2/c1-14-7-9-16(10-8-14)24-11-12-25-17(23)13-26-19-22-21-18(27-19)20-15-5-3-2-4-6-15/h7-10,15H,2-6,11-13H2,1H3,(H,20,21). The number of ether oxygens (including phenoxy) is 2.